The molecule has 6 heteroatoms. The second-order valence-corrected chi connectivity index (χ2v) is 16.0. The Bertz CT molecular complexity index is 1670. The summed E-state index contributed by atoms with van der Waals surface area (Å²) in [4.78, 5) is 0. The number of rotatable bonds is 0. The summed E-state index contributed by atoms with van der Waals surface area (Å²) in [7, 11) is 0. The van der Waals surface area contributed by atoms with E-state index in [0.29, 0.717) is 4.32 Å². The Hall–Kier alpha value is -1.60. The largest absolute Gasteiger partial charge is 0.455 e. The van der Waals surface area contributed by atoms with E-state index in [4.69, 9.17) is 8.83 Å². The standard InChI is InChI=1S/C16H15BrO.C12H6Br2O.C4H9Br/c1-16(2,3)12-8-4-6-10-11-7-5-9-13(17)15(11)18-14(10)12;13-9-5-1-3-7-8-4-2-6-10(14)12(8)15-11(7)9;1-4(2,3)5/h4-9H,1-3H3;1-6H;1-3H3. The van der Waals surface area contributed by atoms with E-state index in [-0.39, 0.29) is 5.41 Å². The average molecular weight is 766 g/mol. The Labute approximate surface area is 257 Å². The smallest absolute Gasteiger partial charge is 0.149 e. The number of benzene rings is 4. The highest BCUT2D eigenvalue weighted by molar-refractivity contribution is 9.11. The van der Waals surface area contributed by atoms with Crippen molar-refractivity contribution in [3.8, 4) is 0 Å². The fraction of sp³-hybridized carbons (Fsp3) is 0.250. The minimum atomic E-state index is 0.0832. The zero-order valence-electron chi connectivity index (χ0n) is 22.3. The highest BCUT2D eigenvalue weighted by Gasteiger charge is 2.20. The fourth-order valence-corrected chi connectivity index (χ4v) is 5.47. The van der Waals surface area contributed by atoms with Gasteiger partial charge in [-0.1, -0.05) is 112 Å². The number of para-hydroxylation sites is 4. The summed E-state index contributed by atoms with van der Waals surface area (Å²) in [5.41, 5.74) is 5.08. The van der Waals surface area contributed by atoms with Gasteiger partial charge in [-0.25, -0.2) is 0 Å². The summed E-state index contributed by atoms with van der Waals surface area (Å²) in [6, 6.07) is 24.7. The molecule has 0 aliphatic rings. The Balaban J connectivity index is 0.000000153. The van der Waals surface area contributed by atoms with Crippen LogP contribution in [-0.4, -0.2) is 4.32 Å². The molecular formula is C32H30Br4O2. The van der Waals surface area contributed by atoms with Gasteiger partial charge in [-0.15, -0.1) is 0 Å². The molecule has 0 saturated heterocycles. The van der Waals surface area contributed by atoms with E-state index in [0.717, 1.165) is 46.5 Å². The van der Waals surface area contributed by atoms with Crippen molar-refractivity contribution in [3.05, 3.63) is 91.8 Å². The summed E-state index contributed by atoms with van der Waals surface area (Å²) in [5.74, 6) is 0. The van der Waals surface area contributed by atoms with Gasteiger partial charge in [0, 0.05) is 31.4 Å². The predicted octanol–water partition coefficient (Wildman–Crippen LogP) is 12.9. The summed E-state index contributed by atoms with van der Waals surface area (Å²) >= 11 is 13.9. The van der Waals surface area contributed by atoms with Crippen LogP contribution in [0.25, 0.3) is 43.9 Å². The van der Waals surface area contributed by atoms with E-state index in [1.165, 1.54) is 16.3 Å². The molecule has 0 fully saturated rings. The molecule has 0 bridgehead atoms. The molecule has 38 heavy (non-hydrogen) atoms. The maximum Gasteiger partial charge on any atom is 0.149 e. The van der Waals surface area contributed by atoms with Crippen LogP contribution in [0.1, 0.15) is 47.1 Å². The van der Waals surface area contributed by atoms with Crippen LogP contribution in [0.5, 0.6) is 0 Å². The lowest BCUT2D eigenvalue weighted by Gasteiger charge is -2.18. The van der Waals surface area contributed by atoms with E-state index >= 15 is 0 Å². The number of furan rings is 2. The first-order valence-corrected chi connectivity index (χ1v) is 15.5. The van der Waals surface area contributed by atoms with Gasteiger partial charge in [-0.3, -0.25) is 0 Å². The Morgan fingerprint density at radius 3 is 1.11 bits per heavy atom. The van der Waals surface area contributed by atoms with Crippen molar-refractivity contribution in [3.63, 3.8) is 0 Å². The van der Waals surface area contributed by atoms with Gasteiger partial charge < -0.3 is 8.83 Å². The molecule has 0 N–H and O–H groups in total. The maximum atomic E-state index is 6.09. The summed E-state index contributed by atoms with van der Waals surface area (Å²) in [6.45, 7) is 12.9. The van der Waals surface area contributed by atoms with Gasteiger partial charge in [-0.05, 0) is 71.4 Å². The van der Waals surface area contributed by atoms with Crippen molar-refractivity contribution in [1.29, 1.82) is 0 Å². The maximum absolute atomic E-state index is 6.09. The van der Waals surface area contributed by atoms with Crippen LogP contribution in [0.4, 0.5) is 0 Å². The van der Waals surface area contributed by atoms with E-state index in [1.54, 1.807) is 0 Å². The van der Waals surface area contributed by atoms with Gasteiger partial charge in [0.2, 0.25) is 0 Å². The molecule has 0 amide bonds. The van der Waals surface area contributed by atoms with E-state index in [9.17, 15) is 0 Å². The summed E-state index contributed by atoms with van der Waals surface area (Å²) in [6.07, 6.45) is 0. The van der Waals surface area contributed by atoms with Crippen molar-refractivity contribution >= 4 is 108 Å². The highest BCUT2D eigenvalue weighted by atomic mass is 79.9. The average Bonchev–Trinajstić information content (AvgIpc) is 3.39. The van der Waals surface area contributed by atoms with Crippen molar-refractivity contribution in [2.24, 2.45) is 0 Å². The van der Waals surface area contributed by atoms with Crippen molar-refractivity contribution < 1.29 is 8.83 Å². The molecule has 0 aliphatic heterocycles. The highest BCUT2D eigenvalue weighted by Crippen LogP contribution is 2.39. The second-order valence-electron chi connectivity index (χ2n) is 11.1. The Morgan fingerprint density at radius 1 is 0.474 bits per heavy atom. The molecular weight excluding hydrogens is 736 g/mol. The third-order valence-corrected chi connectivity index (χ3v) is 7.59. The third kappa shape index (κ3) is 6.57. The van der Waals surface area contributed by atoms with Crippen LogP contribution in [0, 0.1) is 0 Å². The number of alkyl halides is 1. The normalized spacial score (nSPS) is 11.9. The minimum Gasteiger partial charge on any atom is -0.455 e. The van der Waals surface area contributed by atoms with Crippen LogP contribution in [-0.2, 0) is 5.41 Å². The quantitative estimate of drug-likeness (QED) is 0.144. The molecule has 0 aliphatic carbocycles. The predicted molar refractivity (Wildman–Crippen MR) is 178 cm³/mol. The van der Waals surface area contributed by atoms with Crippen LogP contribution in [0.2, 0.25) is 0 Å². The summed E-state index contributed by atoms with van der Waals surface area (Å²) in [5, 5.41) is 4.64. The molecule has 0 atom stereocenters. The van der Waals surface area contributed by atoms with Gasteiger partial charge in [0.15, 0.2) is 0 Å². The third-order valence-electron chi connectivity index (χ3n) is 5.71. The molecule has 6 aromatic rings. The number of fused-ring (bicyclic) bond motifs is 6. The van der Waals surface area contributed by atoms with Gasteiger partial charge in [-0.2, -0.15) is 0 Å². The molecule has 6 rings (SSSR count). The molecule has 198 valence electrons. The van der Waals surface area contributed by atoms with Crippen LogP contribution >= 0.6 is 63.7 Å². The van der Waals surface area contributed by atoms with Crippen LogP contribution in [0.3, 0.4) is 0 Å². The van der Waals surface area contributed by atoms with E-state index < -0.39 is 0 Å². The zero-order valence-corrected chi connectivity index (χ0v) is 28.6. The minimum absolute atomic E-state index is 0.0832. The molecule has 0 saturated carbocycles. The van der Waals surface area contributed by atoms with Crippen molar-refractivity contribution in [2.75, 3.05) is 0 Å². The molecule has 4 aromatic carbocycles. The van der Waals surface area contributed by atoms with Gasteiger partial charge >= 0.3 is 0 Å². The van der Waals surface area contributed by atoms with Crippen LogP contribution in [0.15, 0.2) is 95.0 Å². The molecule has 2 aromatic heterocycles. The van der Waals surface area contributed by atoms with E-state index in [2.05, 4.69) is 142 Å². The number of hydrogen-bond acceptors (Lipinski definition) is 2. The van der Waals surface area contributed by atoms with Gasteiger partial charge in [0.1, 0.15) is 22.3 Å². The van der Waals surface area contributed by atoms with Gasteiger partial charge in [0.05, 0.1) is 13.4 Å². The Morgan fingerprint density at radius 2 is 0.763 bits per heavy atom. The molecule has 0 unspecified atom stereocenters. The molecule has 0 radical (unpaired) electrons. The lowest BCUT2D eigenvalue weighted by Crippen LogP contribution is -2.10. The lowest BCUT2D eigenvalue weighted by molar-refractivity contribution is 0.572. The van der Waals surface area contributed by atoms with Gasteiger partial charge in [0.25, 0.3) is 0 Å². The van der Waals surface area contributed by atoms with Crippen LogP contribution < -0.4 is 0 Å². The SMILES string of the molecule is Brc1cccc2c1oc1c(Br)cccc12.CC(C)(C)Br.CC(C)(C)c1cccc2c1oc1c(Br)cccc12. The topological polar surface area (TPSA) is 26.3 Å². The first-order chi connectivity index (χ1) is 17.8. The first kappa shape index (κ1) is 29.4. The zero-order chi connectivity index (χ0) is 27.8. The number of halogens is 4. The van der Waals surface area contributed by atoms with Crippen molar-refractivity contribution in [1.82, 2.24) is 0 Å². The van der Waals surface area contributed by atoms with Crippen molar-refractivity contribution in [2.45, 2.75) is 51.3 Å². The monoisotopic (exact) mass is 762 g/mol. The second kappa shape index (κ2) is 11.5. The summed E-state index contributed by atoms with van der Waals surface area (Å²) < 4.78 is 15.2. The fourth-order valence-electron chi connectivity index (χ4n) is 4.13. The van der Waals surface area contributed by atoms with E-state index in [1.807, 2.05) is 36.4 Å². The number of hydrogen-bond donors (Lipinski definition) is 0. The first-order valence-electron chi connectivity index (χ1n) is 12.3. The molecule has 2 nitrogen and oxygen atoms in total. The molecule has 0 spiro atoms. The molecule has 2 heterocycles. The lowest BCUT2D eigenvalue weighted by atomic mass is 9.86. The Kier molecular flexibility index (Phi) is 8.88.